The monoisotopic (exact) mass is 299 g/mol. The zero-order valence-corrected chi connectivity index (χ0v) is 15.1. The fourth-order valence-electron chi connectivity index (χ4n) is 3.89. The summed E-state index contributed by atoms with van der Waals surface area (Å²) in [5.74, 6) is 1.60. The third-order valence-corrected chi connectivity index (χ3v) is 5.37. The van der Waals surface area contributed by atoms with Crippen molar-refractivity contribution in [3.63, 3.8) is 0 Å². The number of nitrogens with one attached hydrogen (secondary N) is 1. The lowest BCUT2D eigenvalue weighted by molar-refractivity contribution is 0.137. The molecule has 2 atom stereocenters. The highest BCUT2D eigenvalue weighted by Gasteiger charge is 2.32. The van der Waals surface area contributed by atoms with Gasteiger partial charge in [0.25, 0.3) is 0 Å². The van der Waals surface area contributed by atoms with Crippen LogP contribution in [0.2, 0.25) is 0 Å². The molecule has 2 unspecified atom stereocenters. The molecule has 22 heavy (non-hydrogen) atoms. The zero-order valence-electron chi connectivity index (χ0n) is 15.1. The largest absolute Gasteiger partial charge is 0.358 e. The van der Waals surface area contributed by atoms with Gasteiger partial charge in [-0.1, -0.05) is 72.1 Å². The number of hydrogen-bond donors (Lipinski definition) is 1. The van der Waals surface area contributed by atoms with E-state index in [2.05, 4.69) is 69.9 Å². The van der Waals surface area contributed by atoms with Gasteiger partial charge in [0.05, 0.1) is 0 Å². The Bertz CT molecular complexity index is 547. The van der Waals surface area contributed by atoms with Gasteiger partial charge >= 0.3 is 0 Å². The summed E-state index contributed by atoms with van der Waals surface area (Å²) in [5, 5.41) is 1.34. The van der Waals surface area contributed by atoms with Crippen molar-refractivity contribution in [3.05, 3.63) is 36.0 Å². The van der Waals surface area contributed by atoms with Crippen LogP contribution in [0.4, 0.5) is 0 Å². The van der Waals surface area contributed by atoms with Gasteiger partial charge in [-0.15, -0.1) is 0 Å². The minimum absolute atomic E-state index is 0.390. The predicted octanol–water partition coefficient (Wildman–Crippen LogP) is 6.59. The van der Waals surface area contributed by atoms with E-state index in [0.29, 0.717) is 5.41 Å². The Morgan fingerprint density at radius 3 is 2.45 bits per heavy atom. The summed E-state index contributed by atoms with van der Waals surface area (Å²) >= 11 is 0. The van der Waals surface area contributed by atoms with E-state index < -0.39 is 0 Å². The molecule has 0 fully saturated rings. The van der Waals surface area contributed by atoms with E-state index in [1.165, 1.54) is 42.3 Å². The summed E-state index contributed by atoms with van der Waals surface area (Å²) in [6.45, 7) is 11.9. The van der Waals surface area contributed by atoms with Gasteiger partial charge in [0.2, 0.25) is 0 Å². The molecule has 0 aliphatic rings. The summed E-state index contributed by atoms with van der Waals surface area (Å²) in [5.41, 5.74) is 3.06. The summed E-state index contributed by atoms with van der Waals surface area (Å²) in [6, 6.07) is 11.0. The molecule has 2 aromatic rings. The second-order valence-electron chi connectivity index (χ2n) is 7.68. The van der Waals surface area contributed by atoms with Gasteiger partial charge in [-0.25, -0.2) is 0 Å². The number of para-hydroxylation sites is 1. The van der Waals surface area contributed by atoms with Crippen LogP contribution in [0.15, 0.2) is 30.3 Å². The van der Waals surface area contributed by atoms with Crippen molar-refractivity contribution in [2.24, 2.45) is 17.3 Å². The van der Waals surface area contributed by atoms with Crippen LogP contribution in [0.1, 0.15) is 66.0 Å². The van der Waals surface area contributed by atoms with E-state index in [1.54, 1.807) is 0 Å². The van der Waals surface area contributed by atoms with Crippen molar-refractivity contribution in [2.75, 3.05) is 0 Å². The quantitative estimate of drug-likeness (QED) is 0.566. The van der Waals surface area contributed by atoms with Gasteiger partial charge in [-0.3, -0.25) is 0 Å². The van der Waals surface area contributed by atoms with E-state index in [0.717, 1.165) is 18.3 Å². The van der Waals surface area contributed by atoms with E-state index in [1.807, 2.05) is 0 Å². The van der Waals surface area contributed by atoms with Gasteiger partial charge in [-0.2, -0.15) is 0 Å². The summed E-state index contributed by atoms with van der Waals surface area (Å²) in [6.07, 6.45) is 6.40. The Kier molecular flexibility index (Phi) is 5.72. The molecule has 0 saturated carbocycles. The maximum absolute atomic E-state index is 3.64. The standard InChI is InChI=1S/C21H33N/c1-6-10-18(13-16(3)4)21(5,7-2)15-19-14-17-11-8-9-12-20(17)22-19/h8-9,11-12,14,16,18,22H,6-7,10,13,15H2,1-5H3. The molecule has 0 spiro atoms. The second kappa shape index (κ2) is 7.35. The first-order chi connectivity index (χ1) is 10.5. The van der Waals surface area contributed by atoms with Gasteiger partial charge in [0.15, 0.2) is 0 Å². The molecule has 1 aromatic carbocycles. The highest BCUT2D eigenvalue weighted by molar-refractivity contribution is 5.80. The van der Waals surface area contributed by atoms with Crippen molar-refractivity contribution in [2.45, 2.75) is 66.7 Å². The van der Waals surface area contributed by atoms with Crippen LogP contribution < -0.4 is 0 Å². The number of aromatic nitrogens is 1. The van der Waals surface area contributed by atoms with Gasteiger partial charge in [-0.05, 0) is 47.6 Å². The molecule has 1 N–H and O–H groups in total. The molecular formula is C21H33N. The predicted molar refractivity (Wildman–Crippen MR) is 98.3 cm³/mol. The van der Waals surface area contributed by atoms with Crippen molar-refractivity contribution in [3.8, 4) is 0 Å². The normalized spacial score (nSPS) is 16.1. The van der Waals surface area contributed by atoms with Crippen molar-refractivity contribution < 1.29 is 0 Å². The molecule has 1 aromatic heterocycles. The molecule has 0 saturated heterocycles. The lowest BCUT2D eigenvalue weighted by Crippen LogP contribution is -2.30. The molecule has 122 valence electrons. The molecule has 0 bridgehead atoms. The first kappa shape index (κ1) is 17.1. The smallest absolute Gasteiger partial charge is 0.0456 e. The fourth-order valence-corrected chi connectivity index (χ4v) is 3.89. The minimum atomic E-state index is 0.390. The number of H-pyrrole nitrogens is 1. The Labute approximate surface area is 136 Å². The van der Waals surface area contributed by atoms with Crippen LogP contribution in [-0.2, 0) is 6.42 Å². The van der Waals surface area contributed by atoms with Crippen LogP contribution in [-0.4, -0.2) is 4.98 Å². The van der Waals surface area contributed by atoms with Crippen LogP contribution in [0.25, 0.3) is 10.9 Å². The lowest BCUT2D eigenvalue weighted by Gasteiger charge is -2.38. The van der Waals surface area contributed by atoms with Crippen molar-refractivity contribution >= 4 is 10.9 Å². The van der Waals surface area contributed by atoms with Crippen molar-refractivity contribution in [1.29, 1.82) is 0 Å². The summed E-state index contributed by atoms with van der Waals surface area (Å²) in [7, 11) is 0. The first-order valence-corrected chi connectivity index (χ1v) is 9.05. The van der Waals surface area contributed by atoms with Crippen LogP contribution in [0.5, 0.6) is 0 Å². The Balaban J connectivity index is 2.23. The maximum atomic E-state index is 3.64. The Hall–Kier alpha value is -1.24. The molecule has 1 heterocycles. The number of hydrogen-bond acceptors (Lipinski definition) is 0. The van der Waals surface area contributed by atoms with Crippen molar-refractivity contribution in [1.82, 2.24) is 4.98 Å². The zero-order chi connectivity index (χ0) is 16.2. The molecule has 0 aliphatic carbocycles. The molecule has 0 radical (unpaired) electrons. The Morgan fingerprint density at radius 2 is 1.86 bits per heavy atom. The lowest BCUT2D eigenvalue weighted by atomic mass is 9.67. The SMILES string of the molecule is CCCC(CC(C)C)C(C)(CC)Cc1cc2ccccc2[nH]1. The van der Waals surface area contributed by atoms with Gasteiger partial charge in [0.1, 0.15) is 0 Å². The first-order valence-electron chi connectivity index (χ1n) is 9.05. The van der Waals surface area contributed by atoms with E-state index in [9.17, 15) is 0 Å². The van der Waals surface area contributed by atoms with Crippen LogP contribution in [0.3, 0.4) is 0 Å². The number of fused-ring (bicyclic) bond motifs is 1. The Morgan fingerprint density at radius 1 is 1.14 bits per heavy atom. The third kappa shape index (κ3) is 3.94. The second-order valence-corrected chi connectivity index (χ2v) is 7.68. The summed E-state index contributed by atoms with van der Waals surface area (Å²) in [4.78, 5) is 3.64. The average molecular weight is 300 g/mol. The number of rotatable bonds is 8. The third-order valence-electron chi connectivity index (χ3n) is 5.37. The van der Waals surface area contributed by atoms with E-state index in [4.69, 9.17) is 0 Å². The van der Waals surface area contributed by atoms with E-state index in [-0.39, 0.29) is 0 Å². The number of aromatic amines is 1. The molecular weight excluding hydrogens is 266 g/mol. The maximum Gasteiger partial charge on any atom is 0.0456 e. The number of benzene rings is 1. The molecule has 1 heteroatoms. The van der Waals surface area contributed by atoms with Crippen LogP contribution in [0, 0.1) is 17.3 Å². The molecule has 0 aliphatic heterocycles. The highest BCUT2D eigenvalue weighted by Crippen LogP contribution is 2.41. The van der Waals surface area contributed by atoms with Gasteiger partial charge < -0.3 is 4.98 Å². The minimum Gasteiger partial charge on any atom is -0.358 e. The average Bonchev–Trinajstić information content (AvgIpc) is 2.88. The topological polar surface area (TPSA) is 15.8 Å². The molecule has 0 amide bonds. The summed E-state index contributed by atoms with van der Waals surface area (Å²) < 4.78 is 0. The fraction of sp³-hybridized carbons (Fsp3) is 0.619. The van der Waals surface area contributed by atoms with E-state index >= 15 is 0 Å². The molecule has 2 rings (SSSR count). The van der Waals surface area contributed by atoms with Gasteiger partial charge in [0, 0.05) is 11.2 Å². The van der Waals surface area contributed by atoms with Crippen LogP contribution >= 0.6 is 0 Å². The molecule has 1 nitrogen and oxygen atoms in total. The highest BCUT2D eigenvalue weighted by atomic mass is 14.7.